The van der Waals surface area contributed by atoms with Gasteiger partial charge in [-0.05, 0) is 61.0 Å². The van der Waals surface area contributed by atoms with Gasteiger partial charge in [0.1, 0.15) is 11.3 Å². The van der Waals surface area contributed by atoms with Crippen molar-refractivity contribution in [1.29, 1.82) is 0 Å². The molecule has 1 aromatic heterocycles. The van der Waals surface area contributed by atoms with E-state index in [4.69, 9.17) is 35.0 Å². The predicted octanol–water partition coefficient (Wildman–Crippen LogP) is 5.53. The molecule has 0 bridgehead atoms. The molecule has 0 aliphatic carbocycles. The molecular weight excluding hydrogens is 488 g/mol. The standard InChI is InChI=1S/C27H21ClO8/c1-4-34-27(31)25-23(16-7-12-20(32-2)22(13-16)33-3)24(29)19-11-10-18(14-21(19)36-25)35-26(30)15-5-8-17(28)9-6-15/h5-14H,4H2,1-3H3. The van der Waals surface area contributed by atoms with Gasteiger partial charge in [0.05, 0.1) is 37.3 Å². The SMILES string of the molecule is CCOC(=O)c1oc2cc(OC(=O)c3ccc(Cl)cc3)ccc2c(=O)c1-c1ccc(OC)c(OC)c1. The molecule has 0 radical (unpaired) electrons. The van der Waals surface area contributed by atoms with Crippen molar-refractivity contribution in [2.45, 2.75) is 6.92 Å². The molecule has 184 valence electrons. The largest absolute Gasteiger partial charge is 0.493 e. The number of esters is 2. The molecule has 0 N–H and O–H groups in total. The number of carbonyl (C=O) groups is 2. The van der Waals surface area contributed by atoms with Gasteiger partial charge >= 0.3 is 11.9 Å². The molecule has 4 rings (SSSR count). The third-order valence-electron chi connectivity index (χ3n) is 5.29. The van der Waals surface area contributed by atoms with Crippen LogP contribution in [0.4, 0.5) is 0 Å². The lowest BCUT2D eigenvalue weighted by Crippen LogP contribution is -2.15. The predicted molar refractivity (Wildman–Crippen MR) is 133 cm³/mol. The number of carbonyl (C=O) groups excluding carboxylic acids is 2. The summed E-state index contributed by atoms with van der Waals surface area (Å²) in [6.07, 6.45) is 0. The summed E-state index contributed by atoms with van der Waals surface area (Å²) in [5.74, 6) is -0.780. The van der Waals surface area contributed by atoms with Gasteiger partial charge in [-0.15, -0.1) is 0 Å². The molecule has 0 unspecified atom stereocenters. The van der Waals surface area contributed by atoms with Crippen molar-refractivity contribution in [1.82, 2.24) is 0 Å². The van der Waals surface area contributed by atoms with Gasteiger partial charge in [-0.3, -0.25) is 4.79 Å². The van der Waals surface area contributed by atoms with Crippen molar-refractivity contribution in [2.75, 3.05) is 20.8 Å². The van der Waals surface area contributed by atoms with Crippen LogP contribution in [-0.2, 0) is 4.74 Å². The van der Waals surface area contributed by atoms with E-state index in [1.165, 1.54) is 44.6 Å². The van der Waals surface area contributed by atoms with Crippen molar-refractivity contribution in [3.05, 3.63) is 87.2 Å². The van der Waals surface area contributed by atoms with Gasteiger partial charge in [0.2, 0.25) is 11.2 Å². The van der Waals surface area contributed by atoms with Gasteiger partial charge in [-0.2, -0.15) is 0 Å². The molecule has 0 fully saturated rings. The van der Waals surface area contributed by atoms with Crippen molar-refractivity contribution in [3.8, 4) is 28.4 Å². The molecule has 1 heterocycles. The highest BCUT2D eigenvalue weighted by Crippen LogP contribution is 2.34. The fraction of sp³-hybridized carbons (Fsp3) is 0.148. The summed E-state index contributed by atoms with van der Waals surface area (Å²) in [5.41, 5.74) is 0.255. The van der Waals surface area contributed by atoms with Crippen molar-refractivity contribution in [2.24, 2.45) is 0 Å². The zero-order valence-electron chi connectivity index (χ0n) is 19.6. The monoisotopic (exact) mass is 508 g/mol. The Labute approximate surface area is 210 Å². The Morgan fingerprint density at radius 2 is 1.61 bits per heavy atom. The van der Waals surface area contributed by atoms with Gasteiger partial charge in [-0.1, -0.05) is 17.7 Å². The minimum atomic E-state index is -0.815. The lowest BCUT2D eigenvalue weighted by Gasteiger charge is -2.13. The van der Waals surface area contributed by atoms with Gasteiger partial charge in [0, 0.05) is 11.1 Å². The van der Waals surface area contributed by atoms with Gasteiger partial charge in [-0.25, -0.2) is 9.59 Å². The van der Waals surface area contributed by atoms with Crippen LogP contribution in [0.15, 0.2) is 69.9 Å². The number of rotatable bonds is 7. The first kappa shape index (κ1) is 24.8. The normalized spacial score (nSPS) is 10.7. The minimum Gasteiger partial charge on any atom is -0.493 e. The minimum absolute atomic E-state index is 0.00723. The number of hydrogen-bond acceptors (Lipinski definition) is 8. The molecule has 0 saturated heterocycles. The molecule has 3 aromatic carbocycles. The zero-order valence-corrected chi connectivity index (χ0v) is 20.4. The van der Waals surface area contributed by atoms with Crippen molar-refractivity contribution >= 4 is 34.5 Å². The smallest absolute Gasteiger partial charge is 0.375 e. The molecule has 4 aromatic rings. The van der Waals surface area contributed by atoms with Crippen molar-refractivity contribution < 1.29 is 33.0 Å². The second kappa shape index (κ2) is 10.5. The summed E-state index contributed by atoms with van der Waals surface area (Å²) in [6, 6.07) is 15.3. The third-order valence-corrected chi connectivity index (χ3v) is 5.54. The molecule has 8 nitrogen and oxygen atoms in total. The average Bonchev–Trinajstić information content (AvgIpc) is 2.88. The van der Waals surface area contributed by atoms with E-state index in [0.717, 1.165) is 0 Å². The Bertz CT molecular complexity index is 1510. The summed E-state index contributed by atoms with van der Waals surface area (Å²) in [7, 11) is 2.95. The summed E-state index contributed by atoms with van der Waals surface area (Å²) in [6.45, 7) is 1.71. The molecule has 9 heteroatoms. The van der Waals surface area contributed by atoms with E-state index in [9.17, 15) is 14.4 Å². The maximum atomic E-state index is 13.5. The summed E-state index contributed by atoms with van der Waals surface area (Å²) >= 11 is 5.86. The Kier molecular flexibility index (Phi) is 7.26. The molecular formula is C27H21ClO8. The number of fused-ring (bicyclic) bond motifs is 1. The number of ether oxygens (including phenoxy) is 4. The Morgan fingerprint density at radius 3 is 2.28 bits per heavy atom. The van der Waals surface area contributed by atoms with Gasteiger partial charge in [0.15, 0.2) is 11.5 Å². The topological polar surface area (TPSA) is 101 Å². The van der Waals surface area contributed by atoms with Crippen LogP contribution in [0, 0.1) is 0 Å². The molecule has 0 atom stereocenters. The number of hydrogen-bond donors (Lipinski definition) is 0. The average molecular weight is 509 g/mol. The van der Waals surface area contributed by atoms with E-state index in [2.05, 4.69) is 0 Å². The van der Waals surface area contributed by atoms with Crippen LogP contribution in [0.3, 0.4) is 0 Å². The van der Waals surface area contributed by atoms with E-state index in [1.54, 1.807) is 37.3 Å². The molecule has 0 saturated carbocycles. The second-order valence-electron chi connectivity index (χ2n) is 7.48. The first-order valence-corrected chi connectivity index (χ1v) is 11.2. The Morgan fingerprint density at radius 1 is 0.889 bits per heavy atom. The fourth-order valence-electron chi connectivity index (χ4n) is 3.58. The highest BCUT2D eigenvalue weighted by atomic mass is 35.5. The number of benzene rings is 3. The number of halogens is 1. The molecule has 0 aliphatic heterocycles. The molecule has 36 heavy (non-hydrogen) atoms. The second-order valence-corrected chi connectivity index (χ2v) is 7.92. The Hall–Kier alpha value is -4.30. The van der Waals surface area contributed by atoms with Crippen LogP contribution in [0.25, 0.3) is 22.1 Å². The van der Waals surface area contributed by atoms with E-state index >= 15 is 0 Å². The third kappa shape index (κ3) is 4.89. The van der Waals surface area contributed by atoms with Gasteiger partial charge < -0.3 is 23.4 Å². The lowest BCUT2D eigenvalue weighted by molar-refractivity contribution is 0.0491. The summed E-state index contributed by atoms with van der Waals surface area (Å²) in [5, 5.41) is 0.662. The van der Waals surface area contributed by atoms with Crippen LogP contribution < -0.4 is 19.6 Å². The van der Waals surface area contributed by atoms with Gasteiger partial charge in [0.25, 0.3) is 0 Å². The summed E-state index contributed by atoms with van der Waals surface area (Å²) in [4.78, 5) is 38.8. The fourth-order valence-corrected chi connectivity index (χ4v) is 3.71. The molecule has 0 spiro atoms. The quantitative estimate of drug-likeness (QED) is 0.237. The first-order valence-electron chi connectivity index (χ1n) is 10.8. The zero-order chi connectivity index (χ0) is 25.8. The van der Waals surface area contributed by atoms with E-state index in [-0.39, 0.29) is 40.2 Å². The van der Waals surface area contributed by atoms with Crippen molar-refractivity contribution in [3.63, 3.8) is 0 Å². The maximum absolute atomic E-state index is 13.5. The lowest BCUT2D eigenvalue weighted by atomic mass is 10.0. The number of methoxy groups -OCH3 is 2. The van der Waals surface area contributed by atoms with E-state index in [0.29, 0.717) is 22.1 Å². The summed E-state index contributed by atoms with van der Waals surface area (Å²) < 4.78 is 27.0. The molecule has 0 aliphatic rings. The van der Waals surface area contributed by atoms with Crippen LogP contribution in [-0.4, -0.2) is 32.8 Å². The van der Waals surface area contributed by atoms with Crippen LogP contribution in [0.5, 0.6) is 17.2 Å². The highest BCUT2D eigenvalue weighted by molar-refractivity contribution is 6.30. The molecule has 0 amide bonds. The van der Waals surface area contributed by atoms with Crippen LogP contribution in [0.1, 0.15) is 27.8 Å². The Balaban J connectivity index is 1.82. The van der Waals surface area contributed by atoms with Crippen LogP contribution >= 0.6 is 11.6 Å². The van der Waals surface area contributed by atoms with E-state index in [1.807, 2.05) is 0 Å². The highest BCUT2D eigenvalue weighted by Gasteiger charge is 2.24. The van der Waals surface area contributed by atoms with E-state index < -0.39 is 17.4 Å². The first-order chi connectivity index (χ1) is 17.4. The van der Waals surface area contributed by atoms with Crippen LogP contribution in [0.2, 0.25) is 5.02 Å². The maximum Gasteiger partial charge on any atom is 0.375 e.